The smallest absolute Gasteiger partial charge is 0.230 e. The van der Waals surface area contributed by atoms with Crippen molar-refractivity contribution >= 4 is 63.7 Å². The molecule has 68 heavy (non-hydrogen) atoms. The van der Waals surface area contributed by atoms with E-state index in [0.29, 0.717) is 21.3 Å². The van der Waals surface area contributed by atoms with Gasteiger partial charge in [-0.15, -0.1) is 0 Å². The molecule has 0 fully saturated rings. The van der Waals surface area contributed by atoms with Crippen molar-refractivity contribution in [2.45, 2.75) is 175 Å². The van der Waals surface area contributed by atoms with Crippen molar-refractivity contribution in [2.75, 3.05) is 27.2 Å². The Hall–Kier alpha value is -2.80. The zero-order valence-corrected chi connectivity index (χ0v) is 46.7. The van der Waals surface area contributed by atoms with Gasteiger partial charge in [-0.25, -0.2) is 0 Å². The first kappa shape index (κ1) is 50.2. The van der Waals surface area contributed by atoms with Gasteiger partial charge in [0, 0.05) is 112 Å². The van der Waals surface area contributed by atoms with Crippen LogP contribution in [-0.4, -0.2) is 27.2 Å². The zero-order chi connectivity index (χ0) is 47.3. The van der Waals surface area contributed by atoms with Gasteiger partial charge in [0.2, 0.25) is 27.2 Å². The first-order chi connectivity index (χ1) is 33.5. The molecule has 0 saturated carbocycles. The molecule has 368 valence electrons. The third-order valence-electron chi connectivity index (χ3n) is 15.1. The van der Waals surface area contributed by atoms with Crippen LogP contribution in [0.3, 0.4) is 0 Å². The van der Waals surface area contributed by atoms with Gasteiger partial charge in [-0.2, -0.15) is 0 Å². The van der Waals surface area contributed by atoms with Gasteiger partial charge >= 0.3 is 0 Å². The summed E-state index contributed by atoms with van der Waals surface area (Å²) in [7, 11) is 0. The van der Waals surface area contributed by atoms with Crippen molar-refractivity contribution in [1.82, 2.24) is 0 Å². The third-order valence-corrected chi connectivity index (χ3v) is 17.3. The molecule has 0 amide bonds. The van der Waals surface area contributed by atoms with E-state index in [1.54, 1.807) is 0 Å². The number of benzene rings is 4. The molecule has 8 bridgehead atoms. The minimum atomic E-state index is -0.0386. The van der Waals surface area contributed by atoms with Crippen molar-refractivity contribution in [3.05, 3.63) is 91.0 Å². The molecule has 4 heterocycles. The quantitative estimate of drug-likeness (QED) is 0.0640. The molecule has 4 aliphatic heterocycles. The Balaban J connectivity index is 1.48. The second kappa shape index (κ2) is 23.2. The number of halogens is 4. The molecule has 9 rings (SSSR count). The van der Waals surface area contributed by atoms with Crippen molar-refractivity contribution in [3.8, 4) is 46.0 Å². The maximum absolute atomic E-state index is 6.91. The first-order valence-corrected chi connectivity index (χ1v) is 30.0. The lowest BCUT2D eigenvalue weighted by Gasteiger charge is -2.37. The molecule has 8 nitrogen and oxygen atoms in total. The zero-order valence-electron chi connectivity index (χ0n) is 40.4. The highest BCUT2D eigenvalue weighted by Gasteiger charge is 2.41. The average Bonchev–Trinajstić information content (AvgIpc) is 3.33. The third kappa shape index (κ3) is 9.41. The standard InChI is InChI=1S/C56H68Br4O8/c1-5-9-13-17-33-37-21-39-34(18-14-10-6-2)41-23-43-36(20-16-12-8-4)44-24-42-35(19-15-11-7-3)40-22-38(33)50-46(26-58)52(40)64-31-66-54(42)48(28-60)56(44)68-32-67-55(43)47(27-59)53(41)65-30-63-51(39)45(25-57)49(37)61-29-62-50/h21-24,33-36H,5-20,25-32H2,1-4H3. The van der Waals surface area contributed by atoms with E-state index in [9.17, 15) is 0 Å². The van der Waals surface area contributed by atoms with E-state index in [-0.39, 0.29) is 50.8 Å². The van der Waals surface area contributed by atoms with E-state index in [2.05, 4.69) is 116 Å². The van der Waals surface area contributed by atoms with Crippen molar-refractivity contribution in [3.63, 3.8) is 0 Å². The second-order valence-electron chi connectivity index (χ2n) is 19.1. The van der Waals surface area contributed by atoms with E-state index in [4.69, 9.17) is 37.9 Å². The Kier molecular flexibility index (Phi) is 17.1. The largest absolute Gasteiger partial charge is 0.457 e. The number of ether oxygens (including phenoxy) is 8. The van der Waals surface area contributed by atoms with Crippen LogP contribution in [0.1, 0.15) is 221 Å². The number of unbranched alkanes of at least 4 members (excludes halogenated alkanes) is 8. The molecule has 0 radical (unpaired) electrons. The Morgan fingerprint density at radius 3 is 0.632 bits per heavy atom. The number of alkyl halides is 4. The fourth-order valence-corrected chi connectivity index (χ4v) is 13.9. The summed E-state index contributed by atoms with van der Waals surface area (Å²) in [5.41, 5.74) is 13.5. The summed E-state index contributed by atoms with van der Waals surface area (Å²) < 4.78 is 55.3. The summed E-state index contributed by atoms with van der Waals surface area (Å²) in [5.74, 6) is 6.56. The highest BCUT2D eigenvalue weighted by atomic mass is 79.9. The molecule has 0 saturated heterocycles. The van der Waals surface area contributed by atoms with Crippen LogP contribution in [0.4, 0.5) is 0 Å². The van der Waals surface area contributed by atoms with E-state index < -0.39 is 0 Å². The van der Waals surface area contributed by atoms with Crippen LogP contribution in [0, 0.1) is 0 Å². The van der Waals surface area contributed by atoms with Crippen LogP contribution >= 0.6 is 63.7 Å². The molecule has 0 atom stereocenters. The average molecular weight is 1190 g/mol. The van der Waals surface area contributed by atoms with Gasteiger partial charge in [-0.1, -0.05) is 168 Å². The Bertz CT molecular complexity index is 1980. The van der Waals surface area contributed by atoms with Gasteiger partial charge < -0.3 is 37.9 Å². The van der Waals surface area contributed by atoms with Gasteiger partial charge in [0.15, 0.2) is 0 Å². The lowest BCUT2D eigenvalue weighted by Crippen LogP contribution is -2.25. The van der Waals surface area contributed by atoms with E-state index in [1.807, 2.05) is 0 Å². The summed E-state index contributed by atoms with van der Waals surface area (Å²) in [4.78, 5) is 0. The maximum Gasteiger partial charge on any atom is 0.230 e. The molecule has 5 aliphatic rings. The van der Waals surface area contributed by atoms with E-state index in [0.717, 1.165) is 171 Å². The summed E-state index contributed by atoms with van der Waals surface area (Å²) in [6.07, 6.45) is 16.9. The molecule has 0 N–H and O–H groups in total. The van der Waals surface area contributed by atoms with Crippen molar-refractivity contribution in [2.24, 2.45) is 0 Å². The van der Waals surface area contributed by atoms with Crippen LogP contribution in [0.5, 0.6) is 46.0 Å². The van der Waals surface area contributed by atoms with Crippen LogP contribution < -0.4 is 37.9 Å². The molecule has 0 aromatic heterocycles. The monoisotopic (exact) mass is 1180 g/mol. The Labute approximate surface area is 438 Å². The van der Waals surface area contributed by atoms with Crippen LogP contribution in [0.25, 0.3) is 0 Å². The molecule has 4 aromatic carbocycles. The first-order valence-electron chi connectivity index (χ1n) is 25.5. The number of hydrogen-bond donors (Lipinski definition) is 0. The molecule has 0 spiro atoms. The molecule has 4 aromatic rings. The topological polar surface area (TPSA) is 73.8 Å². The predicted molar refractivity (Wildman–Crippen MR) is 285 cm³/mol. The van der Waals surface area contributed by atoms with Gasteiger partial charge in [0.05, 0.1) is 0 Å². The fourth-order valence-electron chi connectivity index (χ4n) is 11.8. The van der Waals surface area contributed by atoms with Gasteiger partial charge in [0.25, 0.3) is 0 Å². The van der Waals surface area contributed by atoms with Gasteiger partial charge in [0.1, 0.15) is 46.0 Å². The molecule has 0 unspecified atom stereocenters. The Morgan fingerprint density at radius 2 is 0.485 bits per heavy atom. The minimum absolute atomic E-state index is 0.0386. The SMILES string of the molecule is CCCCCC1c2cc3c4c(CBr)c2OCOc2c1cc1c(c2CBr)OCOc2c(cc5c(c2CBr)OCOc2c(cc(c(c2CBr)OCO4)C3CCCCC)C5CCCCC)C1CCCCC. The van der Waals surface area contributed by atoms with Crippen LogP contribution in [0.15, 0.2) is 24.3 Å². The molecular weight excluding hydrogens is 1120 g/mol. The summed E-state index contributed by atoms with van der Waals surface area (Å²) in [6, 6.07) is 9.90. The maximum atomic E-state index is 6.91. The number of rotatable bonds is 20. The molecule has 12 heteroatoms. The van der Waals surface area contributed by atoms with E-state index >= 15 is 0 Å². The summed E-state index contributed by atoms with van der Waals surface area (Å²) >= 11 is 16.0. The van der Waals surface area contributed by atoms with Crippen molar-refractivity contribution < 1.29 is 37.9 Å². The van der Waals surface area contributed by atoms with Crippen LogP contribution in [-0.2, 0) is 21.3 Å². The molecular formula is C56H68Br4O8. The number of hydrogen-bond acceptors (Lipinski definition) is 8. The van der Waals surface area contributed by atoms with Gasteiger partial charge in [-0.05, 0) is 49.9 Å². The predicted octanol–water partition coefficient (Wildman–Crippen LogP) is 17.3. The highest BCUT2D eigenvalue weighted by molar-refractivity contribution is 9.09. The Morgan fingerprint density at radius 1 is 0.309 bits per heavy atom. The molecule has 1 aliphatic carbocycles. The second-order valence-corrected chi connectivity index (χ2v) is 21.4. The summed E-state index contributed by atoms with van der Waals surface area (Å²) in [6.45, 7) is 9.31. The van der Waals surface area contributed by atoms with Crippen molar-refractivity contribution in [1.29, 1.82) is 0 Å². The van der Waals surface area contributed by atoms with E-state index in [1.165, 1.54) is 44.5 Å². The lowest BCUT2D eigenvalue weighted by atomic mass is 9.74. The van der Waals surface area contributed by atoms with Gasteiger partial charge in [-0.3, -0.25) is 0 Å². The fraction of sp³-hybridized carbons (Fsp3) is 0.571. The minimum Gasteiger partial charge on any atom is -0.457 e. The summed E-state index contributed by atoms with van der Waals surface area (Å²) in [5, 5.41) is 2.19. The lowest BCUT2D eigenvalue weighted by molar-refractivity contribution is 0.0954. The highest BCUT2D eigenvalue weighted by Crippen LogP contribution is 2.59. The van der Waals surface area contributed by atoms with Crippen LogP contribution in [0.2, 0.25) is 0 Å². The normalized spacial score (nSPS) is 19.3.